The molecule has 1 heterocycles. The molecule has 1 amide bonds. The summed E-state index contributed by atoms with van der Waals surface area (Å²) in [7, 11) is 0. The highest BCUT2D eigenvalue weighted by Gasteiger charge is 2.05. The van der Waals surface area contributed by atoms with Gasteiger partial charge in [0.2, 0.25) is 5.91 Å². The number of nitrogens with zero attached hydrogens (tertiary/aromatic N) is 1. The lowest BCUT2D eigenvalue weighted by Crippen LogP contribution is -2.30. The predicted octanol–water partition coefficient (Wildman–Crippen LogP) is 0.805. The quantitative estimate of drug-likeness (QED) is 0.760. The molecule has 1 aromatic rings. The number of amides is 1. The van der Waals surface area contributed by atoms with E-state index in [1.165, 1.54) is 4.88 Å². The third-order valence-corrected chi connectivity index (χ3v) is 2.71. The van der Waals surface area contributed by atoms with Gasteiger partial charge in [0.15, 0.2) is 0 Å². The van der Waals surface area contributed by atoms with Crippen LogP contribution in [0.25, 0.3) is 0 Å². The average Bonchev–Trinajstić information content (AvgIpc) is 2.47. The van der Waals surface area contributed by atoms with Crippen molar-refractivity contribution in [3.63, 3.8) is 0 Å². The van der Waals surface area contributed by atoms with Gasteiger partial charge in [-0.1, -0.05) is 0 Å². The van der Waals surface area contributed by atoms with Crippen LogP contribution in [0.1, 0.15) is 23.2 Å². The summed E-state index contributed by atoms with van der Waals surface area (Å²) in [6.45, 7) is 4.67. The zero-order valence-corrected chi connectivity index (χ0v) is 9.23. The first-order valence-electron chi connectivity index (χ1n) is 4.51. The minimum Gasteiger partial charge on any atom is -0.370 e. The fourth-order valence-corrected chi connectivity index (χ4v) is 1.88. The van der Waals surface area contributed by atoms with Crippen molar-refractivity contribution in [3.05, 3.63) is 16.1 Å². The summed E-state index contributed by atoms with van der Waals surface area (Å²) < 4.78 is 0. The number of aryl methyl sites for hydroxylation is 1. The molecule has 5 heteroatoms. The van der Waals surface area contributed by atoms with Gasteiger partial charge in [0, 0.05) is 30.1 Å². The molecule has 1 atom stereocenters. The average molecular weight is 213 g/mol. The maximum absolute atomic E-state index is 10.6. The second-order valence-electron chi connectivity index (χ2n) is 3.30. The van der Waals surface area contributed by atoms with E-state index >= 15 is 0 Å². The SMILES string of the molecule is Cc1ncc(CNC(C)CC(N)=O)s1. The molecular weight excluding hydrogens is 198 g/mol. The van der Waals surface area contributed by atoms with Crippen molar-refractivity contribution in [1.82, 2.24) is 10.3 Å². The van der Waals surface area contributed by atoms with Gasteiger partial charge in [0.05, 0.1) is 5.01 Å². The first kappa shape index (κ1) is 11.1. The summed E-state index contributed by atoms with van der Waals surface area (Å²) in [6, 6.07) is 0.120. The Labute approximate surface area is 87.5 Å². The van der Waals surface area contributed by atoms with E-state index in [0.29, 0.717) is 6.42 Å². The molecule has 0 fully saturated rings. The van der Waals surface area contributed by atoms with Crippen molar-refractivity contribution in [2.45, 2.75) is 32.9 Å². The van der Waals surface area contributed by atoms with Crippen LogP contribution in [0.5, 0.6) is 0 Å². The summed E-state index contributed by atoms with van der Waals surface area (Å²) >= 11 is 1.66. The van der Waals surface area contributed by atoms with Crippen LogP contribution in [0, 0.1) is 6.92 Å². The lowest BCUT2D eigenvalue weighted by Gasteiger charge is -2.09. The van der Waals surface area contributed by atoms with Crippen molar-refractivity contribution in [1.29, 1.82) is 0 Å². The van der Waals surface area contributed by atoms with Gasteiger partial charge in [-0.05, 0) is 13.8 Å². The molecule has 0 spiro atoms. The van der Waals surface area contributed by atoms with Crippen molar-refractivity contribution in [2.24, 2.45) is 5.73 Å². The van der Waals surface area contributed by atoms with Crippen LogP contribution >= 0.6 is 11.3 Å². The molecule has 1 aromatic heterocycles. The van der Waals surface area contributed by atoms with E-state index < -0.39 is 0 Å². The Morgan fingerprint density at radius 3 is 3.00 bits per heavy atom. The summed E-state index contributed by atoms with van der Waals surface area (Å²) in [4.78, 5) is 15.9. The van der Waals surface area contributed by atoms with Gasteiger partial charge in [0.1, 0.15) is 0 Å². The normalized spacial score (nSPS) is 12.7. The van der Waals surface area contributed by atoms with Gasteiger partial charge >= 0.3 is 0 Å². The van der Waals surface area contributed by atoms with Crippen LogP contribution < -0.4 is 11.1 Å². The Bertz CT molecular complexity index is 311. The van der Waals surface area contributed by atoms with E-state index in [-0.39, 0.29) is 11.9 Å². The zero-order valence-electron chi connectivity index (χ0n) is 8.41. The number of hydrogen-bond donors (Lipinski definition) is 2. The monoisotopic (exact) mass is 213 g/mol. The highest BCUT2D eigenvalue weighted by molar-refractivity contribution is 7.11. The van der Waals surface area contributed by atoms with Crippen LogP contribution in [-0.4, -0.2) is 16.9 Å². The minimum absolute atomic E-state index is 0.120. The number of aromatic nitrogens is 1. The molecule has 0 aromatic carbocycles. The van der Waals surface area contributed by atoms with Gasteiger partial charge in [0.25, 0.3) is 0 Å². The molecule has 14 heavy (non-hydrogen) atoms. The highest BCUT2D eigenvalue weighted by Crippen LogP contribution is 2.11. The topological polar surface area (TPSA) is 68.0 Å². The third-order valence-electron chi connectivity index (χ3n) is 1.80. The number of carbonyl (C=O) groups excluding carboxylic acids is 1. The summed E-state index contributed by atoms with van der Waals surface area (Å²) in [5.74, 6) is -0.273. The van der Waals surface area contributed by atoms with E-state index in [1.54, 1.807) is 11.3 Å². The Morgan fingerprint density at radius 1 is 1.79 bits per heavy atom. The van der Waals surface area contributed by atoms with Crippen LogP contribution in [0.4, 0.5) is 0 Å². The first-order chi connectivity index (χ1) is 6.58. The van der Waals surface area contributed by atoms with Gasteiger partial charge in [-0.3, -0.25) is 4.79 Å². The van der Waals surface area contributed by atoms with E-state index in [0.717, 1.165) is 11.6 Å². The van der Waals surface area contributed by atoms with Crippen LogP contribution in [0.15, 0.2) is 6.20 Å². The maximum Gasteiger partial charge on any atom is 0.218 e. The van der Waals surface area contributed by atoms with Gasteiger partial charge in [-0.2, -0.15) is 0 Å². The molecule has 0 saturated heterocycles. The van der Waals surface area contributed by atoms with Gasteiger partial charge < -0.3 is 11.1 Å². The lowest BCUT2D eigenvalue weighted by molar-refractivity contribution is -0.118. The molecule has 0 radical (unpaired) electrons. The van der Waals surface area contributed by atoms with Crippen molar-refractivity contribution < 1.29 is 4.79 Å². The number of hydrogen-bond acceptors (Lipinski definition) is 4. The van der Waals surface area contributed by atoms with Crippen LogP contribution in [-0.2, 0) is 11.3 Å². The fourth-order valence-electron chi connectivity index (χ4n) is 1.14. The number of thiazole rings is 1. The minimum atomic E-state index is -0.273. The summed E-state index contributed by atoms with van der Waals surface area (Å²) in [5.41, 5.74) is 5.08. The Kier molecular flexibility index (Phi) is 4.03. The number of primary amides is 1. The Hall–Kier alpha value is -0.940. The molecule has 1 unspecified atom stereocenters. The van der Waals surface area contributed by atoms with Crippen LogP contribution in [0.2, 0.25) is 0 Å². The second kappa shape index (κ2) is 5.07. The fraction of sp³-hybridized carbons (Fsp3) is 0.556. The number of nitrogens with one attached hydrogen (secondary N) is 1. The molecule has 78 valence electrons. The van der Waals surface area contributed by atoms with Gasteiger partial charge in [-0.25, -0.2) is 4.98 Å². The molecule has 0 saturated carbocycles. The summed E-state index contributed by atoms with van der Waals surface area (Å²) in [6.07, 6.45) is 2.22. The molecule has 3 N–H and O–H groups in total. The Morgan fingerprint density at radius 2 is 2.50 bits per heavy atom. The number of nitrogens with two attached hydrogens (primary N) is 1. The first-order valence-corrected chi connectivity index (χ1v) is 5.32. The highest BCUT2D eigenvalue weighted by atomic mass is 32.1. The molecule has 0 aliphatic rings. The number of rotatable bonds is 5. The number of carbonyl (C=O) groups is 1. The molecule has 0 aliphatic heterocycles. The van der Waals surface area contributed by atoms with Gasteiger partial charge in [-0.15, -0.1) is 11.3 Å². The largest absolute Gasteiger partial charge is 0.370 e. The zero-order chi connectivity index (χ0) is 10.6. The third kappa shape index (κ3) is 3.85. The van der Waals surface area contributed by atoms with Crippen molar-refractivity contribution in [2.75, 3.05) is 0 Å². The van der Waals surface area contributed by atoms with E-state index in [2.05, 4.69) is 10.3 Å². The van der Waals surface area contributed by atoms with E-state index in [9.17, 15) is 4.79 Å². The molecular formula is C9H15N3OS. The lowest BCUT2D eigenvalue weighted by atomic mass is 10.2. The molecule has 0 aliphatic carbocycles. The summed E-state index contributed by atoms with van der Waals surface area (Å²) in [5, 5.41) is 4.27. The van der Waals surface area contributed by atoms with E-state index in [1.807, 2.05) is 20.0 Å². The maximum atomic E-state index is 10.6. The Balaban J connectivity index is 2.30. The molecule has 0 bridgehead atoms. The standard InChI is InChI=1S/C9H15N3OS/c1-6(3-9(10)13)11-4-8-5-12-7(2)14-8/h5-6,11H,3-4H2,1-2H3,(H2,10,13). The van der Waals surface area contributed by atoms with Crippen molar-refractivity contribution in [3.8, 4) is 0 Å². The van der Waals surface area contributed by atoms with Crippen molar-refractivity contribution >= 4 is 17.2 Å². The molecule has 1 rings (SSSR count). The predicted molar refractivity (Wildman–Crippen MR) is 57.0 cm³/mol. The van der Waals surface area contributed by atoms with E-state index in [4.69, 9.17) is 5.73 Å². The second-order valence-corrected chi connectivity index (χ2v) is 4.62. The molecule has 4 nitrogen and oxygen atoms in total. The smallest absolute Gasteiger partial charge is 0.218 e. The van der Waals surface area contributed by atoms with Crippen LogP contribution in [0.3, 0.4) is 0 Å².